The Balaban J connectivity index is 2.10. The molecule has 3 rings (SSSR count). The number of carbonyl (C=O) groups is 1. The van der Waals surface area contributed by atoms with E-state index in [0.717, 1.165) is 22.0 Å². The van der Waals surface area contributed by atoms with E-state index in [2.05, 4.69) is 4.98 Å². The van der Waals surface area contributed by atoms with Crippen LogP contribution in [0.25, 0.3) is 10.9 Å². The van der Waals surface area contributed by atoms with Crippen LogP contribution in [0.4, 0.5) is 0 Å². The average Bonchev–Trinajstić information content (AvgIpc) is 2.47. The van der Waals surface area contributed by atoms with Gasteiger partial charge in [-0.1, -0.05) is 48.0 Å². The van der Waals surface area contributed by atoms with Gasteiger partial charge in [-0.2, -0.15) is 0 Å². The van der Waals surface area contributed by atoms with Crippen LogP contribution in [-0.4, -0.2) is 10.8 Å². The third-order valence-corrected chi connectivity index (χ3v) is 3.47. The van der Waals surface area contributed by atoms with E-state index >= 15 is 0 Å². The van der Waals surface area contributed by atoms with E-state index in [1.54, 1.807) is 0 Å². The third-order valence-electron chi connectivity index (χ3n) is 3.47. The summed E-state index contributed by atoms with van der Waals surface area (Å²) in [6.07, 6.45) is 0. The number of ketones is 1. The van der Waals surface area contributed by atoms with Crippen molar-refractivity contribution in [2.45, 2.75) is 13.8 Å². The molecule has 1 aromatic heterocycles. The summed E-state index contributed by atoms with van der Waals surface area (Å²) in [7, 11) is 0. The number of nitrogens with zero attached hydrogens (tertiary/aromatic N) is 1. The fourth-order valence-electron chi connectivity index (χ4n) is 2.32. The summed E-state index contributed by atoms with van der Waals surface area (Å²) in [6, 6.07) is 17.3. The Hall–Kier alpha value is -2.48. The molecule has 0 fully saturated rings. The first kappa shape index (κ1) is 12.5. The van der Waals surface area contributed by atoms with Gasteiger partial charge in [0.25, 0.3) is 0 Å². The number of aromatic nitrogens is 1. The monoisotopic (exact) mass is 261 g/mol. The maximum Gasteiger partial charge on any atom is 0.211 e. The number of fused-ring (bicyclic) bond motifs is 1. The fraction of sp³-hybridized carbons (Fsp3) is 0.111. The molecule has 98 valence electrons. The molecule has 2 heteroatoms. The molecule has 1 heterocycles. The van der Waals surface area contributed by atoms with Crippen LogP contribution in [0, 0.1) is 13.8 Å². The Labute approximate surface area is 118 Å². The highest BCUT2D eigenvalue weighted by atomic mass is 16.1. The molecule has 0 saturated heterocycles. The summed E-state index contributed by atoms with van der Waals surface area (Å²) in [5.74, 6) is -0.0288. The van der Waals surface area contributed by atoms with Crippen LogP contribution in [0.3, 0.4) is 0 Å². The highest BCUT2D eigenvalue weighted by Crippen LogP contribution is 2.19. The van der Waals surface area contributed by atoms with Crippen molar-refractivity contribution in [1.82, 2.24) is 4.98 Å². The lowest BCUT2D eigenvalue weighted by Crippen LogP contribution is -2.05. The summed E-state index contributed by atoms with van der Waals surface area (Å²) in [5.41, 5.74) is 4.26. The Bertz CT molecular complexity index is 788. The summed E-state index contributed by atoms with van der Waals surface area (Å²) in [4.78, 5) is 17.0. The predicted octanol–water partition coefficient (Wildman–Crippen LogP) is 4.08. The van der Waals surface area contributed by atoms with Gasteiger partial charge in [0, 0.05) is 10.9 Å². The minimum Gasteiger partial charge on any atom is -0.287 e. The summed E-state index contributed by atoms with van der Waals surface area (Å²) >= 11 is 0. The Kier molecular flexibility index (Phi) is 3.07. The number of carbonyl (C=O) groups excluding carboxylic acids is 1. The van der Waals surface area contributed by atoms with Crippen molar-refractivity contribution < 1.29 is 4.79 Å². The largest absolute Gasteiger partial charge is 0.287 e. The van der Waals surface area contributed by atoms with Gasteiger partial charge in [-0.05, 0) is 31.5 Å². The topological polar surface area (TPSA) is 30.0 Å². The van der Waals surface area contributed by atoms with E-state index in [9.17, 15) is 4.79 Å². The Morgan fingerprint density at radius 2 is 1.65 bits per heavy atom. The van der Waals surface area contributed by atoms with Gasteiger partial charge >= 0.3 is 0 Å². The van der Waals surface area contributed by atoms with E-state index in [1.165, 1.54) is 0 Å². The van der Waals surface area contributed by atoms with Crippen molar-refractivity contribution in [3.63, 3.8) is 0 Å². The number of hydrogen-bond acceptors (Lipinski definition) is 2. The van der Waals surface area contributed by atoms with Crippen LogP contribution < -0.4 is 0 Å². The Morgan fingerprint density at radius 1 is 0.950 bits per heavy atom. The highest BCUT2D eigenvalue weighted by molar-refractivity contribution is 6.08. The van der Waals surface area contributed by atoms with Crippen LogP contribution >= 0.6 is 0 Å². The normalized spacial score (nSPS) is 10.7. The lowest BCUT2D eigenvalue weighted by molar-refractivity contribution is 0.103. The van der Waals surface area contributed by atoms with Gasteiger partial charge in [0.1, 0.15) is 5.69 Å². The highest BCUT2D eigenvalue weighted by Gasteiger charge is 2.12. The third kappa shape index (κ3) is 2.21. The molecule has 0 atom stereocenters. The average molecular weight is 261 g/mol. The first-order valence-corrected chi connectivity index (χ1v) is 6.63. The van der Waals surface area contributed by atoms with Crippen LogP contribution in [0.5, 0.6) is 0 Å². The van der Waals surface area contributed by atoms with Crippen molar-refractivity contribution in [3.05, 3.63) is 77.0 Å². The second-order valence-electron chi connectivity index (χ2n) is 5.04. The lowest BCUT2D eigenvalue weighted by atomic mass is 10.0. The number of hydrogen-bond donors (Lipinski definition) is 0. The smallest absolute Gasteiger partial charge is 0.211 e. The standard InChI is InChI=1S/C18H15NO/c1-12-7-9-14(10-8-12)18(20)17-11-13(2)15-5-3-4-6-16(15)19-17/h3-11H,1-2H3. The van der Waals surface area contributed by atoms with Gasteiger partial charge in [-0.25, -0.2) is 4.98 Å². The number of aryl methyl sites for hydroxylation is 2. The maximum absolute atomic E-state index is 12.5. The molecule has 2 nitrogen and oxygen atoms in total. The molecule has 0 N–H and O–H groups in total. The van der Waals surface area contributed by atoms with Gasteiger partial charge in [-0.3, -0.25) is 4.79 Å². The molecule has 2 aromatic carbocycles. The van der Waals surface area contributed by atoms with Gasteiger partial charge in [-0.15, -0.1) is 0 Å². The first-order chi connectivity index (χ1) is 9.65. The van der Waals surface area contributed by atoms with E-state index < -0.39 is 0 Å². The number of pyridine rings is 1. The van der Waals surface area contributed by atoms with E-state index in [1.807, 2.05) is 68.4 Å². The first-order valence-electron chi connectivity index (χ1n) is 6.63. The van der Waals surface area contributed by atoms with Gasteiger partial charge in [0.2, 0.25) is 5.78 Å². The zero-order chi connectivity index (χ0) is 14.1. The summed E-state index contributed by atoms with van der Waals surface area (Å²) in [5, 5.41) is 1.09. The second-order valence-corrected chi connectivity index (χ2v) is 5.04. The maximum atomic E-state index is 12.5. The molecule has 0 aliphatic rings. The molecule has 0 bridgehead atoms. The molecule has 0 aliphatic carbocycles. The molecule has 0 unspecified atom stereocenters. The summed E-state index contributed by atoms with van der Waals surface area (Å²) < 4.78 is 0. The van der Waals surface area contributed by atoms with Crippen LogP contribution in [0.1, 0.15) is 27.2 Å². The van der Waals surface area contributed by atoms with Crippen molar-refractivity contribution in [2.75, 3.05) is 0 Å². The number of rotatable bonds is 2. The van der Waals surface area contributed by atoms with Gasteiger partial charge in [0.05, 0.1) is 5.52 Å². The zero-order valence-corrected chi connectivity index (χ0v) is 11.6. The fourth-order valence-corrected chi connectivity index (χ4v) is 2.32. The molecule has 0 radical (unpaired) electrons. The van der Waals surface area contributed by atoms with Crippen LogP contribution in [0.15, 0.2) is 54.6 Å². The minimum atomic E-state index is -0.0288. The SMILES string of the molecule is Cc1ccc(C(=O)c2cc(C)c3ccccc3n2)cc1. The number of benzene rings is 2. The van der Waals surface area contributed by atoms with E-state index in [4.69, 9.17) is 0 Å². The molecule has 3 aromatic rings. The van der Waals surface area contributed by atoms with Crippen molar-refractivity contribution >= 4 is 16.7 Å². The van der Waals surface area contributed by atoms with Crippen molar-refractivity contribution in [1.29, 1.82) is 0 Å². The van der Waals surface area contributed by atoms with E-state index in [-0.39, 0.29) is 5.78 Å². The number of para-hydroxylation sites is 1. The molecule has 0 aliphatic heterocycles. The minimum absolute atomic E-state index is 0.0288. The molecule has 0 saturated carbocycles. The van der Waals surface area contributed by atoms with Crippen molar-refractivity contribution in [3.8, 4) is 0 Å². The molecule has 20 heavy (non-hydrogen) atoms. The molecule has 0 spiro atoms. The summed E-state index contributed by atoms with van der Waals surface area (Å²) in [6.45, 7) is 4.02. The van der Waals surface area contributed by atoms with Crippen LogP contribution in [0.2, 0.25) is 0 Å². The molecular formula is C18H15NO. The second kappa shape index (κ2) is 4.89. The predicted molar refractivity (Wildman–Crippen MR) is 81.1 cm³/mol. The van der Waals surface area contributed by atoms with Crippen LogP contribution in [-0.2, 0) is 0 Å². The molecule has 0 amide bonds. The zero-order valence-electron chi connectivity index (χ0n) is 11.6. The Morgan fingerprint density at radius 3 is 2.40 bits per heavy atom. The molecular weight excluding hydrogens is 246 g/mol. The van der Waals surface area contributed by atoms with E-state index in [0.29, 0.717) is 11.3 Å². The van der Waals surface area contributed by atoms with Gasteiger partial charge < -0.3 is 0 Å². The van der Waals surface area contributed by atoms with Crippen molar-refractivity contribution in [2.24, 2.45) is 0 Å². The van der Waals surface area contributed by atoms with Gasteiger partial charge in [0.15, 0.2) is 0 Å². The quantitative estimate of drug-likeness (QED) is 0.650. The lowest BCUT2D eigenvalue weighted by Gasteiger charge is -2.06.